The second kappa shape index (κ2) is 7.80. The summed E-state index contributed by atoms with van der Waals surface area (Å²) in [6.45, 7) is 0.782. The number of nitrogens with one attached hydrogen (secondary N) is 1. The lowest BCUT2D eigenvalue weighted by atomic mass is 10.1. The third-order valence-corrected chi connectivity index (χ3v) is 5.92. The van der Waals surface area contributed by atoms with Crippen LogP contribution >= 0.6 is 11.6 Å². The minimum Gasteiger partial charge on any atom is -0.488 e. The van der Waals surface area contributed by atoms with E-state index in [1.165, 1.54) is 0 Å². The molecule has 3 aliphatic rings. The number of amides is 2. The summed E-state index contributed by atoms with van der Waals surface area (Å²) in [5, 5.41) is 3.62. The molecule has 2 aliphatic carbocycles. The molecule has 2 amide bonds. The van der Waals surface area contributed by atoms with Gasteiger partial charge in [0.2, 0.25) is 0 Å². The van der Waals surface area contributed by atoms with Crippen molar-refractivity contribution < 1.29 is 14.3 Å². The van der Waals surface area contributed by atoms with Gasteiger partial charge in [-0.25, -0.2) is 0 Å². The van der Waals surface area contributed by atoms with Gasteiger partial charge in [-0.3, -0.25) is 9.59 Å². The molecular formula is C24H23ClN2O3. The molecule has 1 aliphatic heterocycles. The molecule has 5 rings (SSSR count). The van der Waals surface area contributed by atoms with Gasteiger partial charge in [0.05, 0.1) is 5.57 Å². The van der Waals surface area contributed by atoms with Gasteiger partial charge < -0.3 is 15.0 Å². The molecule has 0 unspecified atom stereocenters. The predicted molar refractivity (Wildman–Crippen MR) is 115 cm³/mol. The number of halogens is 1. The topological polar surface area (TPSA) is 58.6 Å². The van der Waals surface area contributed by atoms with Crippen molar-refractivity contribution in [3.63, 3.8) is 0 Å². The van der Waals surface area contributed by atoms with Crippen LogP contribution in [0.5, 0.6) is 5.75 Å². The molecule has 2 aromatic rings. The Hall–Kier alpha value is -2.79. The molecule has 2 fully saturated rings. The molecule has 2 saturated carbocycles. The first-order valence-electron chi connectivity index (χ1n) is 10.4. The number of ether oxygens (including phenoxy) is 1. The summed E-state index contributed by atoms with van der Waals surface area (Å²) in [4.78, 5) is 27.4. The molecule has 6 heteroatoms. The van der Waals surface area contributed by atoms with Crippen molar-refractivity contribution >= 4 is 29.5 Å². The van der Waals surface area contributed by atoms with Gasteiger partial charge in [0, 0.05) is 34.8 Å². The third-order valence-electron chi connectivity index (χ3n) is 5.69. The van der Waals surface area contributed by atoms with E-state index in [4.69, 9.17) is 16.3 Å². The number of hydrogen-bond acceptors (Lipinski definition) is 3. The molecule has 30 heavy (non-hydrogen) atoms. The number of rotatable bonds is 6. The van der Waals surface area contributed by atoms with Crippen LogP contribution in [0, 0.1) is 0 Å². The van der Waals surface area contributed by atoms with Crippen LogP contribution in [0.1, 0.15) is 47.2 Å². The average Bonchev–Trinajstić information content (AvgIpc) is 3.66. The van der Waals surface area contributed by atoms with Gasteiger partial charge in [-0.1, -0.05) is 23.7 Å². The zero-order valence-electron chi connectivity index (χ0n) is 16.6. The summed E-state index contributed by atoms with van der Waals surface area (Å²) in [6, 6.07) is 13.6. The van der Waals surface area contributed by atoms with Crippen molar-refractivity contribution in [2.24, 2.45) is 0 Å². The summed E-state index contributed by atoms with van der Waals surface area (Å²) in [5.74, 6) is 0.716. The molecule has 0 atom stereocenters. The van der Waals surface area contributed by atoms with Crippen LogP contribution in [-0.4, -0.2) is 35.4 Å². The summed E-state index contributed by atoms with van der Waals surface area (Å²) in [5.41, 5.74) is 3.14. The monoisotopic (exact) mass is 422 g/mol. The summed E-state index contributed by atoms with van der Waals surface area (Å²) in [7, 11) is 0. The molecule has 0 spiro atoms. The van der Waals surface area contributed by atoms with Crippen molar-refractivity contribution in [2.45, 2.75) is 44.3 Å². The van der Waals surface area contributed by atoms with Crippen LogP contribution in [0.2, 0.25) is 5.02 Å². The molecule has 0 aromatic heterocycles. The van der Waals surface area contributed by atoms with Crippen LogP contribution in [0.25, 0.3) is 6.08 Å². The lowest BCUT2D eigenvalue weighted by Gasteiger charge is -2.26. The van der Waals surface area contributed by atoms with E-state index in [0.717, 1.165) is 42.6 Å². The maximum atomic E-state index is 13.3. The average molecular weight is 423 g/mol. The maximum Gasteiger partial charge on any atom is 0.253 e. The highest BCUT2D eigenvalue weighted by atomic mass is 35.5. The van der Waals surface area contributed by atoms with Gasteiger partial charge >= 0.3 is 0 Å². The Morgan fingerprint density at radius 1 is 1.07 bits per heavy atom. The molecule has 154 valence electrons. The second-order valence-corrected chi connectivity index (χ2v) is 8.69. The highest BCUT2D eigenvalue weighted by Crippen LogP contribution is 2.33. The Morgan fingerprint density at radius 2 is 1.83 bits per heavy atom. The standard InChI is InChI=1S/C24H23ClN2O3/c25-19-5-10-22-17(12-19)11-18(14-30-22)24(29)27(21-8-9-21)13-15-1-3-16(4-2-15)23(28)26-20-6-7-20/h1-5,10-12,20-21H,6-9,13-14H2,(H,26,28). The predicted octanol–water partition coefficient (Wildman–Crippen LogP) is 4.20. The molecule has 0 saturated heterocycles. The lowest BCUT2D eigenvalue weighted by Crippen LogP contribution is -2.35. The Kier molecular flexibility index (Phi) is 4.99. The Bertz CT molecular complexity index is 1020. The Morgan fingerprint density at radius 3 is 2.53 bits per heavy atom. The molecule has 1 N–H and O–H groups in total. The number of hydrogen-bond donors (Lipinski definition) is 1. The van der Waals surface area contributed by atoms with Crippen molar-refractivity contribution in [2.75, 3.05) is 6.61 Å². The first-order valence-corrected chi connectivity index (χ1v) is 10.8. The number of carbonyl (C=O) groups excluding carboxylic acids is 2. The first-order chi connectivity index (χ1) is 14.6. The van der Waals surface area contributed by atoms with E-state index in [-0.39, 0.29) is 24.5 Å². The van der Waals surface area contributed by atoms with Gasteiger partial charge in [-0.15, -0.1) is 0 Å². The van der Waals surface area contributed by atoms with E-state index in [2.05, 4.69) is 5.32 Å². The summed E-state index contributed by atoms with van der Waals surface area (Å²) >= 11 is 6.09. The largest absolute Gasteiger partial charge is 0.488 e. The maximum absolute atomic E-state index is 13.3. The highest BCUT2D eigenvalue weighted by Gasteiger charge is 2.34. The summed E-state index contributed by atoms with van der Waals surface area (Å²) in [6.07, 6.45) is 6.05. The Balaban J connectivity index is 1.31. The smallest absolute Gasteiger partial charge is 0.253 e. The van der Waals surface area contributed by atoms with E-state index in [0.29, 0.717) is 28.7 Å². The molecule has 1 heterocycles. The van der Waals surface area contributed by atoms with Gasteiger partial charge in [-0.05, 0) is 67.7 Å². The number of nitrogens with zero attached hydrogens (tertiary/aromatic N) is 1. The Labute approximate surface area is 180 Å². The van der Waals surface area contributed by atoms with Crippen LogP contribution < -0.4 is 10.1 Å². The van der Waals surface area contributed by atoms with Crippen LogP contribution in [-0.2, 0) is 11.3 Å². The van der Waals surface area contributed by atoms with Crippen LogP contribution in [0.4, 0.5) is 0 Å². The van der Waals surface area contributed by atoms with Gasteiger partial charge in [0.1, 0.15) is 12.4 Å². The number of benzene rings is 2. The second-order valence-electron chi connectivity index (χ2n) is 8.25. The van der Waals surface area contributed by atoms with Gasteiger partial charge in [0.25, 0.3) is 11.8 Å². The van der Waals surface area contributed by atoms with E-state index in [1.54, 1.807) is 6.07 Å². The van der Waals surface area contributed by atoms with Crippen LogP contribution in [0.3, 0.4) is 0 Å². The third kappa shape index (κ3) is 4.21. The minimum atomic E-state index is -0.0268. The highest BCUT2D eigenvalue weighted by molar-refractivity contribution is 6.30. The number of fused-ring (bicyclic) bond motifs is 1. The minimum absolute atomic E-state index is 0.00122. The quantitative estimate of drug-likeness (QED) is 0.759. The first kappa shape index (κ1) is 19.2. The van der Waals surface area contributed by atoms with Crippen molar-refractivity contribution in [1.29, 1.82) is 0 Å². The summed E-state index contributed by atoms with van der Waals surface area (Å²) < 4.78 is 5.77. The van der Waals surface area contributed by atoms with Gasteiger partial charge in [-0.2, -0.15) is 0 Å². The normalized spacial score (nSPS) is 17.4. The lowest BCUT2D eigenvalue weighted by molar-refractivity contribution is -0.128. The van der Waals surface area contributed by atoms with Crippen LogP contribution in [0.15, 0.2) is 48.0 Å². The molecule has 5 nitrogen and oxygen atoms in total. The van der Waals surface area contributed by atoms with Crippen molar-refractivity contribution in [3.05, 3.63) is 69.8 Å². The fourth-order valence-corrected chi connectivity index (χ4v) is 3.84. The van der Waals surface area contributed by atoms with E-state index in [9.17, 15) is 9.59 Å². The molecule has 2 aromatic carbocycles. The van der Waals surface area contributed by atoms with E-state index in [1.807, 2.05) is 47.4 Å². The molecule has 0 bridgehead atoms. The zero-order chi connectivity index (χ0) is 20.7. The van der Waals surface area contributed by atoms with E-state index < -0.39 is 0 Å². The van der Waals surface area contributed by atoms with Crippen molar-refractivity contribution in [3.8, 4) is 5.75 Å². The SMILES string of the molecule is O=C(NC1CC1)c1ccc(CN(C(=O)C2=Cc3cc(Cl)ccc3OC2)C2CC2)cc1. The fourth-order valence-electron chi connectivity index (χ4n) is 3.66. The molecule has 0 radical (unpaired) electrons. The van der Waals surface area contributed by atoms with Crippen molar-refractivity contribution in [1.82, 2.24) is 10.2 Å². The van der Waals surface area contributed by atoms with Gasteiger partial charge in [0.15, 0.2) is 0 Å². The van der Waals surface area contributed by atoms with E-state index >= 15 is 0 Å². The fraction of sp³-hybridized carbons (Fsp3) is 0.333. The number of carbonyl (C=O) groups is 2. The zero-order valence-corrected chi connectivity index (χ0v) is 17.3. The molecular weight excluding hydrogens is 400 g/mol.